The average molecular weight is 248 g/mol. The van der Waals surface area contributed by atoms with Gasteiger partial charge in [-0.25, -0.2) is 8.78 Å². The summed E-state index contributed by atoms with van der Waals surface area (Å²) in [7, 11) is 0. The first kappa shape index (κ1) is 12.2. The van der Waals surface area contributed by atoms with Crippen molar-refractivity contribution in [1.29, 1.82) is 0 Å². The molecule has 0 aliphatic carbocycles. The van der Waals surface area contributed by atoms with E-state index in [1.807, 2.05) is 0 Å². The second-order valence-corrected chi connectivity index (χ2v) is 3.66. The lowest BCUT2D eigenvalue weighted by Crippen LogP contribution is -2.23. The number of nitrogens with zero attached hydrogens (tertiary/aromatic N) is 1. The summed E-state index contributed by atoms with van der Waals surface area (Å²) in [6.07, 6.45) is 2.97. The Morgan fingerprint density at radius 2 is 2.11 bits per heavy atom. The molecule has 2 rings (SSSR count). The number of amides is 1. The van der Waals surface area contributed by atoms with E-state index in [0.717, 1.165) is 12.1 Å². The van der Waals surface area contributed by atoms with Crippen LogP contribution in [-0.4, -0.2) is 10.9 Å². The van der Waals surface area contributed by atoms with Crippen molar-refractivity contribution in [3.63, 3.8) is 0 Å². The summed E-state index contributed by atoms with van der Waals surface area (Å²) >= 11 is 0. The molecule has 3 nitrogen and oxygen atoms in total. The molecular formula is C13H10F2N2O. The Morgan fingerprint density at radius 1 is 1.28 bits per heavy atom. The highest BCUT2D eigenvalue weighted by molar-refractivity contribution is 5.93. The Morgan fingerprint density at radius 3 is 2.78 bits per heavy atom. The van der Waals surface area contributed by atoms with Gasteiger partial charge in [0.2, 0.25) is 0 Å². The van der Waals surface area contributed by atoms with Crippen LogP contribution in [-0.2, 0) is 6.54 Å². The molecule has 0 saturated carbocycles. The zero-order valence-electron chi connectivity index (χ0n) is 9.36. The molecule has 1 aromatic heterocycles. The van der Waals surface area contributed by atoms with Crippen LogP contribution in [0.4, 0.5) is 8.78 Å². The smallest absolute Gasteiger partial charge is 0.253 e. The molecule has 0 spiro atoms. The molecule has 0 saturated heterocycles. The third kappa shape index (κ3) is 2.88. The van der Waals surface area contributed by atoms with Crippen molar-refractivity contribution < 1.29 is 13.6 Å². The highest BCUT2D eigenvalue weighted by atomic mass is 19.1. The minimum Gasteiger partial charge on any atom is -0.348 e. The third-order valence-corrected chi connectivity index (χ3v) is 2.38. The molecule has 1 N–H and O–H groups in total. The summed E-state index contributed by atoms with van der Waals surface area (Å²) in [5.41, 5.74) is 0.619. The molecule has 18 heavy (non-hydrogen) atoms. The average Bonchev–Trinajstić information content (AvgIpc) is 2.38. The summed E-state index contributed by atoms with van der Waals surface area (Å²) in [4.78, 5) is 15.5. The number of pyridine rings is 1. The summed E-state index contributed by atoms with van der Waals surface area (Å²) in [5.74, 6) is -1.68. The molecule has 1 heterocycles. The highest BCUT2D eigenvalue weighted by Crippen LogP contribution is 2.09. The quantitative estimate of drug-likeness (QED) is 0.905. The van der Waals surface area contributed by atoms with Crippen molar-refractivity contribution >= 4 is 5.91 Å². The molecule has 1 aromatic carbocycles. The van der Waals surface area contributed by atoms with Gasteiger partial charge in [0, 0.05) is 30.6 Å². The molecule has 0 unspecified atom stereocenters. The molecule has 0 aliphatic heterocycles. The number of aromatic nitrogens is 1. The van der Waals surface area contributed by atoms with Gasteiger partial charge in [0.1, 0.15) is 11.6 Å². The topological polar surface area (TPSA) is 42.0 Å². The third-order valence-electron chi connectivity index (χ3n) is 2.38. The first-order valence-electron chi connectivity index (χ1n) is 5.29. The molecule has 0 radical (unpaired) electrons. The number of hydrogen-bond acceptors (Lipinski definition) is 2. The lowest BCUT2D eigenvalue weighted by Gasteiger charge is -2.06. The zero-order chi connectivity index (χ0) is 13.0. The fraction of sp³-hybridized carbons (Fsp3) is 0.0769. The van der Waals surface area contributed by atoms with Crippen molar-refractivity contribution in [1.82, 2.24) is 10.3 Å². The molecule has 2 aromatic rings. The van der Waals surface area contributed by atoms with Crippen molar-refractivity contribution in [2.45, 2.75) is 6.54 Å². The summed E-state index contributed by atoms with van der Waals surface area (Å²) in [6, 6.07) is 6.46. The van der Waals surface area contributed by atoms with E-state index in [0.29, 0.717) is 5.56 Å². The Balaban J connectivity index is 2.02. The van der Waals surface area contributed by atoms with Gasteiger partial charge < -0.3 is 5.32 Å². The monoisotopic (exact) mass is 248 g/mol. The Hall–Kier alpha value is -2.30. The SMILES string of the molecule is O=C(NCc1ccc(F)cc1F)c1cccnc1. The number of hydrogen-bond donors (Lipinski definition) is 1. The lowest BCUT2D eigenvalue weighted by atomic mass is 10.2. The summed E-state index contributed by atoms with van der Waals surface area (Å²) < 4.78 is 26.0. The minimum atomic E-state index is -0.679. The largest absolute Gasteiger partial charge is 0.348 e. The highest BCUT2D eigenvalue weighted by Gasteiger charge is 2.07. The standard InChI is InChI=1S/C13H10F2N2O/c14-11-4-3-9(12(15)6-11)8-17-13(18)10-2-1-5-16-7-10/h1-7H,8H2,(H,17,18). The van der Waals surface area contributed by atoms with E-state index in [9.17, 15) is 13.6 Å². The van der Waals surface area contributed by atoms with E-state index >= 15 is 0 Å². The number of halogens is 2. The number of rotatable bonds is 3. The van der Waals surface area contributed by atoms with Crippen molar-refractivity contribution in [2.75, 3.05) is 0 Å². The van der Waals surface area contributed by atoms with Crippen LogP contribution in [0.3, 0.4) is 0 Å². The van der Waals surface area contributed by atoms with Crippen molar-refractivity contribution in [2.24, 2.45) is 0 Å². The van der Waals surface area contributed by atoms with E-state index in [2.05, 4.69) is 10.3 Å². The molecule has 0 aliphatic rings. The second-order valence-electron chi connectivity index (χ2n) is 3.66. The van der Waals surface area contributed by atoms with Crippen LogP contribution >= 0.6 is 0 Å². The molecule has 0 bridgehead atoms. The van der Waals surface area contributed by atoms with Crippen LogP contribution in [0.1, 0.15) is 15.9 Å². The van der Waals surface area contributed by atoms with Gasteiger partial charge in [-0.2, -0.15) is 0 Å². The van der Waals surface area contributed by atoms with E-state index in [1.54, 1.807) is 18.3 Å². The van der Waals surface area contributed by atoms with Crippen LogP contribution in [0.25, 0.3) is 0 Å². The van der Waals surface area contributed by atoms with Crippen LogP contribution in [0.15, 0.2) is 42.7 Å². The normalized spacial score (nSPS) is 10.1. The van der Waals surface area contributed by atoms with Gasteiger partial charge in [0.15, 0.2) is 0 Å². The van der Waals surface area contributed by atoms with Gasteiger partial charge in [-0.3, -0.25) is 9.78 Å². The fourth-order valence-electron chi connectivity index (χ4n) is 1.44. The van der Waals surface area contributed by atoms with Crippen molar-refractivity contribution in [3.8, 4) is 0 Å². The molecule has 0 fully saturated rings. The Kier molecular flexibility index (Phi) is 3.62. The van der Waals surface area contributed by atoms with E-state index in [-0.39, 0.29) is 18.0 Å². The van der Waals surface area contributed by atoms with Gasteiger partial charge in [-0.15, -0.1) is 0 Å². The van der Waals surface area contributed by atoms with Gasteiger partial charge in [0.05, 0.1) is 5.56 Å². The molecule has 92 valence electrons. The zero-order valence-corrected chi connectivity index (χ0v) is 9.36. The van der Waals surface area contributed by atoms with E-state index in [1.165, 1.54) is 12.3 Å². The van der Waals surface area contributed by atoms with Gasteiger partial charge in [-0.1, -0.05) is 6.07 Å². The van der Waals surface area contributed by atoms with Gasteiger partial charge in [0.25, 0.3) is 5.91 Å². The summed E-state index contributed by atoms with van der Waals surface area (Å²) in [6.45, 7) is -0.000158. The summed E-state index contributed by atoms with van der Waals surface area (Å²) in [5, 5.41) is 2.53. The van der Waals surface area contributed by atoms with Gasteiger partial charge >= 0.3 is 0 Å². The lowest BCUT2D eigenvalue weighted by molar-refractivity contribution is 0.0950. The van der Waals surface area contributed by atoms with E-state index < -0.39 is 11.6 Å². The predicted octanol–water partition coefficient (Wildman–Crippen LogP) is 2.29. The molecule has 0 atom stereocenters. The minimum absolute atomic E-state index is 0.000158. The molecular weight excluding hydrogens is 238 g/mol. The number of carbonyl (C=O) groups excluding carboxylic acids is 1. The van der Waals surface area contributed by atoms with Crippen LogP contribution in [0.5, 0.6) is 0 Å². The van der Waals surface area contributed by atoms with Gasteiger partial charge in [-0.05, 0) is 18.2 Å². The number of nitrogens with one attached hydrogen (secondary N) is 1. The Labute approximate surface area is 102 Å². The number of carbonyl (C=O) groups is 1. The first-order valence-corrected chi connectivity index (χ1v) is 5.29. The maximum Gasteiger partial charge on any atom is 0.253 e. The van der Waals surface area contributed by atoms with Crippen LogP contribution < -0.4 is 5.32 Å². The molecule has 1 amide bonds. The molecule has 5 heteroatoms. The van der Waals surface area contributed by atoms with Crippen LogP contribution in [0.2, 0.25) is 0 Å². The Bertz CT molecular complexity index is 558. The first-order chi connectivity index (χ1) is 8.66. The second kappa shape index (κ2) is 5.35. The fourth-order valence-corrected chi connectivity index (χ4v) is 1.44. The number of benzene rings is 1. The maximum atomic E-state index is 13.3. The van der Waals surface area contributed by atoms with Crippen LogP contribution in [0, 0.1) is 11.6 Å². The predicted molar refractivity (Wildman–Crippen MR) is 61.8 cm³/mol. The van der Waals surface area contributed by atoms with E-state index in [4.69, 9.17) is 0 Å². The van der Waals surface area contributed by atoms with Crippen molar-refractivity contribution in [3.05, 3.63) is 65.5 Å². The maximum absolute atomic E-state index is 13.3.